The highest BCUT2D eigenvalue weighted by atomic mass is 35.5. The third kappa shape index (κ3) is 4.18. The molecule has 2 aromatic rings. The Bertz CT molecular complexity index is 648. The van der Waals surface area contributed by atoms with Gasteiger partial charge in [-0.05, 0) is 50.5 Å². The van der Waals surface area contributed by atoms with Crippen LogP contribution in [0.2, 0.25) is 5.02 Å². The Balaban J connectivity index is 1.80. The van der Waals surface area contributed by atoms with Gasteiger partial charge in [-0.25, -0.2) is 0 Å². The zero-order valence-corrected chi connectivity index (χ0v) is 15.5. The maximum atomic E-state index is 6.56. The van der Waals surface area contributed by atoms with Crippen LogP contribution in [-0.2, 0) is 4.74 Å². The van der Waals surface area contributed by atoms with Gasteiger partial charge in [-0.2, -0.15) is 0 Å². The number of nitrogens with zero attached hydrogens (tertiary/aromatic N) is 1. The Morgan fingerprint density at radius 1 is 1.00 bits per heavy atom. The van der Waals surface area contributed by atoms with Crippen LogP contribution in [0.3, 0.4) is 0 Å². The molecule has 2 atom stereocenters. The van der Waals surface area contributed by atoms with Crippen molar-refractivity contribution in [2.24, 2.45) is 0 Å². The minimum atomic E-state index is -0.0478. The molecule has 128 valence electrons. The molecule has 0 N–H and O–H groups in total. The van der Waals surface area contributed by atoms with E-state index in [1.54, 1.807) is 0 Å². The topological polar surface area (TPSA) is 12.5 Å². The van der Waals surface area contributed by atoms with E-state index in [0.717, 1.165) is 30.1 Å². The summed E-state index contributed by atoms with van der Waals surface area (Å²) in [5, 5.41) is 0.755. The van der Waals surface area contributed by atoms with E-state index < -0.39 is 0 Å². The van der Waals surface area contributed by atoms with E-state index in [0.29, 0.717) is 0 Å². The monoisotopic (exact) mass is 343 g/mol. The summed E-state index contributed by atoms with van der Waals surface area (Å²) in [5.41, 5.74) is 2.54. The Labute approximate surface area is 150 Å². The highest BCUT2D eigenvalue weighted by Gasteiger charge is 2.32. The minimum absolute atomic E-state index is 0.0478. The van der Waals surface area contributed by atoms with Gasteiger partial charge in [-0.15, -0.1) is 0 Å². The van der Waals surface area contributed by atoms with Crippen LogP contribution < -0.4 is 0 Å². The van der Waals surface area contributed by atoms with Crippen LogP contribution in [0, 0.1) is 0 Å². The summed E-state index contributed by atoms with van der Waals surface area (Å²) in [4.78, 5) is 2.50. The molecule has 2 nitrogen and oxygen atoms in total. The van der Waals surface area contributed by atoms with Crippen molar-refractivity contribution in [1.82, 2.24) is 4.90 Å². The Kier molecular flexibility index (Phi) is 5.29. The fourth-order valence-electron chi connectivity index (χ4n) is 3.26. The molecule has 24 heavy (non-hydrogen) atoms. The standard InChI is InChI=1S/C21H26ClNO/c1-21(2,3)23-14-13-19(15-23)24-20(16-7-5-4-6-8-16)17-9-11-18(22)12-10-17/h4-12,19-20H,13-15H2,1-3H3/t19-,20+/m0/s1. The average molecular weight is 344 g/mol. The van der Waals surface area contributed by atoms with Crippen molar-refractivity contribution >= 4 is 11.6 Å². The molecule has 0 aliphatic carbocycles. The molecule has 1 aliphatic heterocycles. The molecule has 1 heterocycles. The fourth-order valence-corrected chi connectivity index (χ4v) is 3.38. The second kappa shape index (κ2) is 7.26. The third-order valence-corrected chi connectivity index (χ3v) is 4.95. The van der Waals surface area contributed by atoms with Gasteiger partial charge in [0.2, 0.25) is 0 Å². The molecule has 0 spiro atoms. The molecular formula is C21H26ClNO. The molecule has 1 aliphatic rings. The number of hydrogen-bond acceptors (Lipinski definition) is 2. The highest BCUT2D eigenvalue weighted by Crippen LogP contribution is 2.31. The van der Waals surface area contributed by atoms with Gasteiger partial charge >= 0.3 is 0 Å². The highest BCUT2D eigenvalue weighted by molar-refractivity contribution is 6.30. The van der Waals surface area contributed by atoms with Gasteiger partial charge < -0.3 is 4.74 Å². The van der Waals surface area contributed by atoms with Crippen LogP contribution >= 0.6 is 11.6 Å². The van der Waals surface area contributed by atoms with E-state index in [1.807, 2.05) is 18.2 Å². The lowest BCUT2D eigenvalue weighted by molar-refractivity contribution is 0.00831. The van der Waals surface area contributed by atoms with Crippen molar-refractivity contribution in [2.75, 3.05) is 13.1 Å². The largest absolute Gasteiger partial charge is 0.364 e. The maximum Gasteiger partial charge on any atom is 0.108 e. The van der Waals surface area contributed by atoms with Crippen LogP contribution in [0.4, 0.5) is 0 Å². The van der Waals surface area contributed by atoms with E-state index in [2.05, 4.69) is 62.1 Å². The van der Waals surface area contributed by atoms with Gasteiger partial charge in [0.1, 0.15) is 6.10 Å². The SMILES string of the molecule is CC(C)(C)N1CC[C@H](O[C@H](c2ccccc2)c2ccc(Cl)cc2)C1. The lowest BCUT2D eigenvalue weighted by Crippen LogP contribution is -2.40. The number of likely N-dealkylation sites (tertiary alicyclic amines) is 1. The first-order valence-corrected chi connectivity index (χ1v) is 9.02. The van der Waals surface area contributed by atoms with Gasteiger partial charge in [0, 0.05) is 23.7 Å². The quantitative estimate of drug-likeness (QED) is 0.745. The molecule has 3 heteroatoms. The molecule has 3 rings (SSSR count). The number of rotatable bonds is 4. The van der Waals surface area contributed by atoms with Crippen LogP contribution in [0.1, 0.15) is 44.4 Å². The van der Waals surface area contributed by atoms with Crippen molar-refractivity contribution in [3.63, 3.8) is 0 Å². The molecule has 1 saturated heterocycles. The smallest absolute Gasteiger partial charge is 0.108 e. The van der Waals surface area contributed by atoms with E-state index in [4.69, 9.17) is 16.3 Å². The van der Waals surface area contributed by atoms with Gasteiger partial charge in [0.05, 0.1) is 6.10 Å². The molecule has 0 unspecified atom stereocenters. The summed E-state index contributed by atoms with van der Waals surface area (Å²) < 4.78 is 6.56. The predicted octanol–water partition coefficient (Wildman–Crippen LogP) is 5.32. The van der Waals surface area contributed by atoms with Crippen LogP contribution in [0.25, 0.3) is 0 Å². The van der Waals surface area contributed by atoms with E-state index in [-0.39, 0.29) is 17.7 Å². The summed E-state index contributed by atoms with van der Waals surface area (Å²) in [6, 6.07) is 18.5. The Morgan fingerprint density at radius 2 is 1.62 bits per heavy atom. The molecule has 2 aromatic carbocycles. The van der Waals surface area contributed by atoms with Crippen molar-refractivity contribution < 1.29 is 4.74 Å². The summed E-state index contributed by atoms with van der Waals surface area (Å²) in [6.45, 7) is 8.88. The lowest BCUT2D eigenvalue weighted by atomic mass is 10.0. The van der Waals surface area contributed by atoms with Crippen LogP contribution in [0.5, 0.6) is 0 Å². The van der Waals surface area contributed by atoms with Gasteiger partial charge in [-0.1, -0.05) is 54.1 Å². The van der Waals surface area contributed by atoms with E-state index >= 15 is 0 Å². The zero-order valence-electron chi connectivity index (χ0n) is 14.7. The van der Waals surface area contributed by atoms with E-state index in [9.17, 15) is 0 Å². The summed E-state index contributed by atoms with van der Waals surface area (Å²) in [7, 11) is 0. The van der Waals surface area contributed by atoms with Crippen molar-refractivity contribution in [2.45, 2.75) is 44.9 Å². The summed E-state index contributed by atoms with van der Waals surface area (Å²) in [6.07, 6.45) is 1.28. The Hall–Kier alpha value is -1.35. The first-order valence-electron chi connectivity index (χ1n) is 8.64. The lowest BCUT2D eigenvalue weighted by Gasteiger charge is -2.32. The molecule has 0 radical (unpaired) electrons. The predicted molar refractivity (Wildman–Crippen MR) is 101 cm³/mol. The molecule has 0 aromatic heterocycles. The molecule has 1 fully saturated rings. The fraction of sp³-hybridized carbons (Fsp3) is 0.429. The van der Waals surface area contributed by atoms with E-state index in [1.165, 1.54) is 5.56 Å². The summed E-state index contributed by atoms with van der Waals surface area (Å²) >= 11 is 6.05. The average Bonchev–Trinajstić information content (AvgIpc) is 3.03. The second-order valence-electron chi connectivity index (χ2n) is 7.51. The first-order chi connectivity index (χ1) is 11.4. The second-order valence-corrected chi connectivity index (χ2v) is 7.94. The molecular weight excluding hydrogens is 318 g/mol. The molecule has 0 saturated carbocycles. The van der Waals surface area contributed by atoms with Gasteiger partial charge in [-0.3, -0.25) is 4.90 Å². The summed E-state index contributed by atoms with van der Waals surface area (Å²) in [5.74, 6) is 0. The zero-order chi connectivity index (χ0) is 17.2. The van der Waals surface area contributed by atoms with Gasteiger partial charge in [0.15, 0.2) is 0 Å². The molecule has 0 amide bonds. The number of hydrogen-bond donors (Lipinski definition) is 0. The normalized spacial score (nSPS) is 20.2. The Morgan fingerprint density at radius 3 is 2.21 bits per heavy atom. The maximum absolute atomic E-state index is 6.56. The first kappa shape index (κ1) is 17.5. The number of ether oxygens (including phenoxy) is 1. The van der Waals surface area contributed by atoms with Crippen molar-refractivity contribution in [3.8, 4) is 0 Å². The number of benzene rings is 2. The van der Waals surface area contributed by atoms with Crippen LogP contribution in [0.15, 0.2) is 54.6 Å². The van der Waals surface area contributed by atoms with Gasteiger partial charge in [0.25, 0.3) is 0 Å². The molecule has 0 bridgehead atoms. The van der Waals surface area contributed by atoms with Crippen LogP contribution in [-0.4, -0.2) is 29.6 Å². The van der Waals surface area contributed by atoms with Crippen molar-refractivity contribution in [3.05, 3.63) is 70.7 Å². The third-order valence-electron chi connectivity index (χ3n) is 4.70. The number of halogens is 1. The van der Waals surface area contributed by atoms with Crippen molar-refractivity contribution in [1.29, 1.82) is 0 Å². The minimum Gasteiger partial charge on any atom is -0.364 e.